The van der Waals surface area contributed by atoms with Crippen LogP contribution >= 0.6 is 0 Å². The lowest BCUT2D eigenvalue weighted by atomic mass is 9.98. The summed E-state index contributed by atoms with van der Waals surface area (Å²) in [6, 6.07) is -0.370. The maximum absolute atomic E-state index is 12.4. The number of methoxy groups -OCH3 is 1. The largest absolute Gasteiger partial charge is 0.383 e. The first kappa shape index (κ1) is 17.7. The Hall–Kier alpha value is -1.67. The molecule has 1 heterocycles. The average molecular weight is 326 g/mol. The van der Waals surface area contributed by atoms with E-state index in [9.17, 15) is 14.4 Å². The number of nitrogens with zero attached hydrogens (tertiary/aromatic N) is 1. The Morgan fingerprint density at radius 1 is 1.26 bits per heavy atom. The lowest BCUT2D eigenvalue weighted by Crippen LogP contribution is -2.44. The van der Waals surface area contributed by atoms with Gasteiger partial charge < -0.3 is 20.7 Å². The molecule has 8 heteroatoms. The second-order valence-electron chi connectivity index (χ2n) is 6.02. The summed E-state index contributed by atoms with van der Waals surface area (Å²) >= 11 is 0. The molecule has 0 aromatic carbocycles. The molecule has 1 aliphatic heterocycles. The number of ether oxygens (including phenoxy) is 1. The van der Waals surface area contributed by atoms with Crippen LogP contribution in [0.2, 0.25) is 0 Å². The van der Waals surface area contributed by atoms with Gasteiger partial charge in [-0.15, -0.1) is 0 Å². The van der Waals surface area contributed by atoms with E-state index < -0.39 is 5.54 Å². The van der Waals surface area contributed by atoms with Crippen molar-refractivity contribution in [3.05, 3.63) is 0 Å². The number of rotatable bonds is 9. The van der Waals surface area contributed by atoms with E-state index >= 15 is 0 Å². The van der Waals surface area contributed by atoms with E-state index in [0.717, 1.165) is 19.4 Å². The second kappa shape index (κ2) is 8.26. The molecular formula is C15H26N4O4. The molecule has 0 aromatic heterocycles. The summed E-state index contributed by atoms with van der Waals surface area (Å²) in [6.07, 6.45) is 3.45. The van der Waals surface area contributed by atoms with E-state index in [1.165, 1.54) is 4.90 Å². The lowest BCUT2D eigenvalue weighted by molar-refractivity contribution is -0.131. The lowest BCUT2D eigenvalue weighted by Gasteiger charge is -2.19. The number of imide groups is 1. The number of hydrogen-bond acceptors (Lipinski definition) is 5. The van der Waals surface area contributed by atoms with Crippen LogP contribution in [-0.4, -0.2) is 68.2 Å². The molecule has 0 aromatic rings. The normalized spacial score (nSPS) is 19.4. The molecule has 0 unspecified atom stereocenters. The van der Waals surface area contributed by atoms with Crippen molar-refractivity contribution in [2.45, 2.75) is 37.6 Å². The Labute approximate surface area is 136 Å². The maximum atomic E-state index is 12.4. The Morgan fingerprint density at radius 2 is 2.00 bits per heavy atom. The highest BCUT2D eigenvalue weighted by molar-refractivity contribution is 6.07. The Balaban J connectivity index is 1.66. The molecule has 23 heavy (non-hydrogen) atoms. The molecule has 4 amide bonds. The number of carbonyl (C=O) groups is 3. The SMILES string of the molecule is COCCNCCNC(=O)CCN1C(=O)NC2(CCCC2)C1=O. The molecule has 2 rings (SSSR count). The molecule has 1 saturated carbocycles. The highest BCUT2D eigenvalue weighted by Gasteiger charge is 2.52. The fourth-order valence-corrected chi connectivity index (χ4v) is 3.09. The summed E-state index contributed by atoms with van der Waals surface area (Å²) in [7, 11) is 1.63. The first-order valence-electron chi connectivity index (χ1n) is 8.19. The van der Waals surface area contributed by atoms with Crippen LogP contribution in [-0.2, 0) is 14.3 Å². The van der Waals surface area contributed by atoms with Crippen LogP contribution in [0.3, 0.4) is 0 Å². The highest BCUT2D eigenvalue weighted by atomic mass is 16.5. The van der Waals surface area contributed by atoms with Gasteiger partial charge in [-0.2, -0.15) is 0 Å². The molecule has 130 valence electrons. The van der Waals surface area contributed by atoms with E-state index in [2.05, 4.69) is 16.0 Å². The molecule has 2 aliphatic rings. The molecule has 0 atom stereocenters. The zero-order chi connectivity index (χ0) is 16.7. The molecule has 1 saturated heterocycles. The van der Waals surface area contributed by atoms with Crippen molar-refractivity contribution >= 4 is 17.8 Å². The van der Waals surface area contributed by atoms with Crippen molar-refractivity contribution in [1.82, 2.24) is 20.9 Å². The quantitative estimate of drug-likeness (QED) is 0.395. The van der Waals surface area contributed by atoms with Crippen LogP contribution in [0, 0.1) is 0 Å². The van der Waals surface area contributed by atoms with Crippen molar-refractivity contribution < 1.29 is 19.1 Å². The fourth-order valence-electron chi connectivity index (χ4n) is 3.09. The topological polar surface area (TPSA) is 99.8 Å². The Kier molecular flexibility index (Phi) is 6.35. The van der Waals surface area contributed by atoms with E-state index in [-0.39, 0.29) is 30.8 Å². The van der Waals surface area contributed by atoms with Gasteiger partial charge in [-0.3, -0.25) is 14.5 Å². The van der Waals surface area contributed by atoms with Crippen LogP contribution in [0.5, 0.6) is 0 Å². The molecule has 0 radical (unpaired) electrons. The van der Waals surface area contributed by atoms with E-state index in [1.807, 2.05) is 0 Å². The van der Waals surface area contributed by atoms with E-state index in [0.29, 0.717) is 32.5 Å². The summed E-state index contributed by atoms with van der Waals surface area (Å²) in [4.78, 5) is 37.3. The van der Waals surface area contributed by atoms with Gasteiger partial charge in [0.25, 0.3) is 5.91 Å². The number of urea groups is 1. The molecular weight excluding hydrogens is 300 g/mol. The van der Waals surface area contributed by atoms with Gasteiger partial charge >= 0.3 is 6.03 Å². The smallest absolute Gasteiger partial charge is 0.325 e. The summed E-state index contributed by atoms with van der Waals surface area (Å²) in [5.41, 5.74) is -0.696. The first-order chi connectivity index (χ1) is 11.1. The van der Waals surface area contributed by atoms with Gasteiger partial charge in [-0.05, 0) is 12.8 Å². The molecule has 3 N–H and O–H groups in total. The first-order valence-corrected chi connectivity index (χ1v) is 8.19. The predicted molar refractivity (Wildman–Crippen MR) is 83.8 cm³/mol. The Morgan fingerprint density at radius 3 is 2.70 bits per heavy atom. The van der Waals surface area contributed by atoms with Crippen molar-refractivity contribution in [1.29, 1.82) is 0 Å². The third-order valence-corrected chi connectivity index (χ3v) is 4.37. The van der Waals surface area contributed by atoms with Crippen LogP contribution in [0.4, 0.5) is 4.79 Å². The summed E-state index contributed by atoms with van der Waals surface area (Å²) in [5, 5.41) is 8.69. The van der Waals surface area contributed by atoms with Crippen molar-refractivity contribution in [3.8, 4) is 0 Å². The van der Waals surface area contributed by atoms with Crippen LogP contribution in [0.1, 0.15) is 32.1 Å². The van der Waals surface area contributed by atoms with Gasteiger partial charge in [-0.25, -0.2) is 4.79 Å². The highest BCUT2D eigenvalue weighted by Crippen LogP contribution is 2.34. The van der Waals surface area contributed by atoms with Gasteiger partial charge in [0.05, 0.1) is 6.61 Å². The van der Waals surface area contributed by atoms with Crippen molar-refractivity contribution in [2.24, 2.45) is 0 Å². The number of hydrogen-bond donors (Lipinski definition) is 3. The monoisotopic (exact) mass is 326 g/mol. The number of amides is 4. The average Bonchev–Trinajstić information content (AvgIpc) is 3.08. The summed E-state index contributed by atoms with van der Waals surface area (Å²) < 4.78 is 4.90. The van der Waals surface area contributed by atoms with Gasteiger partial charge in [0.1, 0.15) is 5.54 Å². The summed E-state index contributed by atoms with van der Waals surface area (Å²) in [5.74, 6) is -0.333. The molecule has 2 fully saturated rings. The standard InChI is InChI=1S/C15H26N4O4/c1-23-11-9-16-7-8-17-12(20)4-10-19-13(21)15(18-14(19)22)5-2-3-6-15/h16H,2-11H2,1H3,(H,17,20)(H,18,22). The van der Waals surface area contributed by atoms with Crippen LogP contribution < -0.4 is 16.0 Å². The number of nitrogens with one attached hydrogen (secondary N) is 3. The molecule has 1 spiro atoms. The van der Waals surface area contributed by atoms with Crippen LogP contribution in [0.25, 0.3) is 0 Å². The minimum absolute atomic E-state index is 0.132. The van der Waals surface area contributed by atoms with E-state index in [4.69, 9.17) is 4.74 Å². The van der Waals surface area contributed by atoms with Gasteiger partial charge in [0.2, 0.25) is 5.91 Å². The molecule has 0 bridgehead atoms. The summed E-state index contributed by atoms with van der Waals surface area (Å²) in [6.45, 7) is 2.65. The van der Waals surface area contributed by atoms with Crippen molar-refractivity contribution in [2.75, 3.05) is 39.9 Å². The van der Waals surface area contributed by atoms with Crippen molar-refractivity contribution in [3.63, 3.8) is 0 Å². The zero-order valence-electron chi connectivity index (χ0n) is 13.7. The van der Waals surface area contributed by atoms with Gasteiger partial charge in [0.15, 0.2) is 0 Å². The minimum atomic E-state index is -0.696. The van der Waals surface area contributed by atoms with Gasteiger partial charge in [-0.1, -0.05) is 12.8 Å². The third-order valence-electron chi connectivity index (χ3n) is 4.37. The number of carbonyl (C=O) groups excluding carboxylic acids is 3. The zero-order valence-corrected chi connectivity index (χ0v) is 13.7. The fraction of sp³-hybridized carbons (Fsp3) is 0.800. The van der Waals surface area contributed by atoms with Crippen LogP contribution in [0.15, 0.2) is 0 Å². The second-order valence-corrected chi connectivity index (χ2v) is 6.02. The third kappa shape index (κ3) is 4.42. The maximum Gasteiger partial charge on any atom is 0.325 e. The van der Waals surface area contributed by atoms with Gasteiger partial charge in [0, 0.05) is 39.7 Å². The molecule has 1 aliphatic carbocycles. The predicted octanol–water partition coefficient (Wildman–Crippen LogP) is -0.407. The Bertz CT molecular complexity index is 449. The van der Waals surface area contributed by atoms with E-state index in [1.54, 1.807) is 7.11 Å². The molecule has 8 nitrogen and oxygen atoms in total. The minimum Gasteiger partial charge on any atom is -0.383 e.